The largest absolute Gasteiger partial charge is 0.464 e. The van der Waals surface area contributed by atoms with Crippen LogP contribution in [0.25, 0.3) is 0 Å². The van der Waals surface area contributed by atoms with Gasteiger partial charge in [-0.05, 0) is 25.7 Å². The first kappa shape index (κ1) is 15.7. The molecular weight excluding hydrogens is 222 g/mol. The Morgan fingerprint density at radius 2 is 1.88 bits per heavy atom. The Balaban J connectivity index is 3.67. The molecule has 5 heteroatoms. The molecule has 0 bridgehead atoms. The predicted molar refractivity (Wildman–Crippen MR) is 64.7 cm³/mol. The zero-order valence-corrected chi connectivity index (χ0v) is 11.2. The van der Waals surface area contributed by atoms with E-state index in [1.807, 2.05) is 0 Å². The van der Waals surface area contributed by atoms with E-state index in [0.717, 1.165) is 12.8 Å². The van der Waals surface area contributed by atoms with E-state index in [9.17, 15) is 9.59 Å². The minimum absolute atomic E-state index is 0.0689. The van der Waals surface area contributed by atoms with Crippen LogP contribution in [0.2, 0.25) is 0 Å². The molecule has 0 aromatic rings. The van der Waals surface area contributed by atoms with Gasteiger partial charge in [0.1, 0.15) is 6.54 Å². The molecule has 0 aromatic carbocycles. The molecule has 0 spiro atoms. The topological polar surface area (TPSA) is 55.8 Å². The molecule has 0 aromatic heterocycles. The van der Waals surface area contributed by atoms with Gasteiger partial charge < -0.3 is 14.4 Å². The average Bonchev–Trinajstić information content (AvgIpc) is 2.24. The Kier molecular flexibility index (Phi) is 8.19. The van der Waals surface area contributed by atoms with E-state index < -0.39 is 12.1 Å². The molecule has 0 saturated carbocycles. The number of hydrogen-bond donors (Lipinski definition) is 0. The van der Waals surface area contributed by atoms with Crippen molar-refractivity contribution in [2.75, 3.05) is 26.8 Å². The smallest absolute Gasteiger partial charge is 0.410 e. The molecule has 1 amide bonds. The molecule has 5 nitrogen and oxygen atoms in total. The van der Waals surface area contributed by atoms with E-state index in [1.165, 1.54) is 11.9 Å². The van der Waals surface area contributed by atoms with E-state index in [1.54, 1.807) is 6.92 Å². The van der Waals surface area contributed by atoms with Crippen molar-refractivity contribution >= 4 is 12.1 Å². The lowest BCUT2D eigenvalue weighted by Crippen LogP contribution is -2.33. The van der Waals surface area contributed by atoms with Gasteiger partial charge in [0.05, 0.1) is 13.2 Å². The third kappa shape index (κ3) is 8.54. The van der Waals surface area contributed by atoms with Crippen LogP contribution < -0.4 is 0 Å². The van der Waals surface area contributed by atoms with Gasteiger partial charge in [0, 0.05) is 7.05 Å². The van der Waals surface area contributed by atoms with E-state index in [0.29, 0.717) is 19.1 Å². The Morgan fingerprint density at radius 3 is 2.41 bits per heavy atom. The third-order valence-corrected chi connectivity index (χ3v) is 2.13. The molecule has 0 radical (unpaired) electrons. The highest BCUT2D eigenvalue weighted by atomic mass is 16.6. The maximum Gasteiger partial charge on any atom is 0.410 e. The minimum atomic E-state index is -0.508. The summed E-state index contributed by atoms with van der Waals surface area (Å²) in [5.74, 6) is 0.209. The average molecular weight is 245 g/mol. The summed E-state index contributed by atoms with van der Waals surface area (Å²) in [6.45, 7) is 6.60. The van der Waals surface area contributed by atoms with Crippen LogP contribution in [0, 0.1) is 5.92 Å². The van der Waals surface area contributed by atoms with Crippen LogP contribution in [-0.4, -0.2) is 43.8 Å². The standard InChI is InChI=1S/C12H23NO4/c1-5-16-12(15)13(4)9-11(14)17-8-6-7-10(2)3/h10H,5-9H2,1-4H3. The van der Waals surface area contributed by atoms with Gasteiger partial charge in [-0.3, -0.25) is 4.79 Å². The van der Waals surface area contributed by atoms with Gasteiger partial charge in [-0.2, -0.15) is 0 Å². The first-order valence-corrected chi connectivity index (χ1v) is 6.00. The summed E-state index contributed by atoms with van der Waals surface area (Å²) in [5.41, 5.74) is 0. The van der Waals surface area contributed by atoms with Gasteiger partial charge in [-0.25, -0.2) is 4.79 Å². The quantitative estimate of drug-likeness (QED) is 0.509. The minimum Gasteiger partial charge on any atom is -0.464 e. The summed E-state index contributed by atoms with van der Waals surface area (Å²) >= 11 is 0. The lowest BCUT2D eigenvalue weighted by molar-refractivity contribution is -0.144. The van der Waals surface area contributed by atoms with Crippen LogP contribution in [0.1, 0.15) is 33.6 Å². The van der Waals surface area contributed by atoms with E-state index >= 15 is 0 Å². The number of hydrogen-bond acceptors (Lipinski definition) is 4. The normalized spacial score (nSPS) is 10.2. The zero-order valence-electron chi connectivity index (χ0n) is 11.2. The fourth-order valence-corrected chi connectivity index (χ4v) is 1.22. The SMILES string of the molecule is CCOC(=O)N(C)CC(=O)OCCCC(C)C. The van der Waals surface area contributed by atoms with Crippen molar-refractivity contribution < 1.29 is 19.1 Å². The Labute approximate surface area is 103 Å². The third-order valence-electron chi connectivity index (χ3n) is 2.13. The number of amides is 1. The van der Waals surface area contributed by atoms with Crippen LogP contribution >= 0.6 is 0 Å². The number of esters is 1. The van der Waals surface area contributed by atoms with Gasteiger partial charge in [0.25, 0.3) is 0 Å². The molecule has 100 valence electrons. The second-order valence-corrected chi connectivity index (χ2v) is 4.31. The summed E-state index contributed by atoms with van der Waals surface area (Å²) in [6, 6.07) is 0. The molecule has 0 aliphatic heterocycles. The van der Waals surface area contributed by atoms with Crippen molar-refractivity contribution in [1.29, 1.82) is 0 Å². The van der Waals surface area contributed by atoms with Gasteiger partial charge in [-0.1, -0.05) is 13.8 Å². The van der Waals surface area contributed by atoms with Crippen molar-refractivity contribution in [3.8, 4) is 0 Å². The Morgan fingerprint density at radius 1 is 1.24 bits per heavy atom. The highest BCUT2D eigenvalue weighted by Gasteiger charge is 2.14. The molecule has 0 aliphatic rings. The molecule has 0 unspecified atom stereocenters. The van der Waals surface area contributed by atoms with Crippen molar-refractivity contribution in [1.82, 2.24) is 4.90 Å². The summed E-state index contributed by atoms with van der Waals surface area (Å²) in [5, 5.41) is 0. The number of rotatable bonds is 7. The summed E-state index contributed by atoms with van der Waals surface area (Å²) < 4.78 is 9.74. The fraction of sp³-hybridized carbons (Fsp3) is 0.833. The molecule has 0 saturated heterocycles. The number of carbonyl (C=O) groups excluding carboxylic acids is 2. The molecule has 0 fully saturated rings. The molecule has 0 aliphatic carbocycles. The highest BCUT2D eigenvalue weighted by molar-refractivity contribution is 5.77. The Bertz CT molecular complexity index is 241. The summed E-state index contributed by atoms with van der Waals surface area (Å²) in [4.78, 5) is 23.7. The van der Waals surface area contributed by atoms with E-state index in [2.05, 4.69) is 13.8 Å². The van der Waals surface area contributed by atoms with Crippen LogP contribution in [-0.2, 0) is 14.3 Å². The molecule has 0 rings (SSSR count). The fourth-order valence-electron chi connectivity index (χ4n) is 1.22. The lowest BCUT2D eigenvalue weighted by Gasteiger charge is -2.15. The van der Waals surface area contributed by atoms with E-state index in [4.69, 9.17) is 9.47 Å². The van der Waals surface area contributed by atoms with Crippen LogP contribution in [0.3, 0.4) is 0 Å². The van der Waals surface area contributed by atoms with Crippen molar-refractivity contribution in [3.05, 3.63) is 0 Å². The lowest BCUT2D eigenvalue weighted by atomic mass is 10.1. The first-order valence-electron chi connectivity index (χ1n) is 6.00. The molecule has 0 N–H and O–H groups in total. The number of ether oxygens (including phenoxy) is 2. The van der Waals surface area contributed by atoms with Crippen molar-refractivity contribution in [2.24, 2.45) is 5.92 Å². The maximum absolute atomic E-state index is 11.3. The number of nitrogens with zero attached hydrogens (tertiary/aromatic N) is 1. The van der Waals surface area contributed by atoms with Crippen molar-refractivity contribution in [2.45, 2.75) is 33.6 Å². The Hall–Kier alpha value is -1.26. The van der Waals surface area contributed by atoms with E-state index in [-0.39, 0.29) is 6.54 Å². The highest BCUT2D eigenvalue weighted by Crippen LogP contribution is 2.03. The van der Waals surface area contributed by atoms with Crippen LogP contribution in [0.15, 0.2) is 0 Å². The van der Waals surface area contributed by atoms with Gasteiger partial charge in [-0.15, -0.1) is 0 Å². The first-order chi connectivity index (χ1) is 7.97. The monoisotopic (exact) mass is 245 g/mol. The van der Waals surface area contributed by atoms with Crippen LogP contribution in [0.5, 0.6) is 0 Å². The van der Waals surface area contributed by atoms with Gasteiger partial charge in [0.2, 0.25) is 0 Å². The van der Waals surface area contributed by atoms with Gasteiger partial charge in [0.15, 0.2) is 0 Å². The second kappa shape index (κ2) is 8.84. The molecule has 17 heavy (non-hydrogen) atoms. The number of carbonyl (C=O) groups is 2. The molecule has 0 atom stereocenters. The van der Waals surface area contributed by atoms with Crippen molar-refractivity contribution in [3.63, 3.8) is 0 Å². The maximum atomic E-state index is 11.3. The zero-order chi connectivity index (χ0) is 13.3. The number of likely N-dealkylation sites (N-methyl/N-ethyl adjacent to an activating group) is 1. The second-order valence-electron chi connectivity index (χ2n) is 4.31. The predicted octanol–water partition coefficient (Wildman–Crippen LogP) is 2.05. The summed E-state index contributed by atoms with van der Waals surface area (Å²) in [6.07, 6.45) is 1.37. The molecule has 0 heterocycles. The van der Waals surface area contributed by atoms with Gasteiger partial charge >= 0.3 is 12.1 Å². The van der Waals surface area contributed by atoms with Crippen LogP contribution in [0.4, 0.5) is 4.79 Å². The molecular formula is C12H23NO4. The summed E-state index contributed by atoms with van der Waals surface area (Å²) in [7, 11) is 1.51.